The lowest BCUT2D eigenvalue weighted by molar-refractivity contribution is 0.0994. The molecule has 0 atom stereocenters. The van der Waals surface area contributed by atoms with Crippen LogP contribution >= 0.6 is 0 Å². The maximum atomic E-state index is 12.1. The number of amides is 1. The van der Waals surface area contributed by atoms with Crippen LogP contribution in [0.15, 0.2) is 54.6 Å². The summed E-state index contributed by atoms with van der Waals surface area (Å²) in [7, 11) is 8.21. The molecule has 0 aliphatic heterocycles. The molecule has 0 bridgehead atoms. The van der Waals surface area contributed by atoms with E-state index in [0.29, 0.717) is 11.7 Å². The SMILES string of the molecule is CN(C)c1ccc(C2(c3ccc(N(C)C)cc3)C=Cc3c(C(N)=O)nn(C4CC4)c3C2)cc1. The Kier molecular flexibility index (Phi) is 5.04. The number of hydrogen-bond acceptors (Lipinski definition) is 4. The first-order valence-electron chi connectivity index (χ1n) is 11.5. The Labute approximate surface area is 195 Å². The summed E-state index contributed by atoms with van der Waals surface area (Å²) in [6, 6.07) is 17.9. The van der Waals surface area contributed by atoms with Crippen molar-refractivity contribution in [1.29, 1.82) is 0 Å². The zero-order chi connectivity index (χ0) is 23.3. The van der Waals surface area contributed by atoms with Gasteiger partial charge in [-0.25, -0.2) is 0 Å². The van der Waals surface area contributed by atoms with E-state index >= 15 is 0 Å². The summed E-state index contributed by atoms with van der Waals surface area (Å²) in [4.78, 5) is 16.4. The maximum absolute atomic E-state index is 12.1. The van der Waals surface area contributed by atoms with Crippen LogP contribution in [0, 0.1) is 0 Å². The molecule has 2 aliphatic carbocycles. The fraction of sp³-hybridized carbons (Fsp3) is 0.333. The number of hydrogen-bond donors (Lipinski definition) is 1. The Bertz CT molecular complexity index is 1160. The zero-order valence-electron chi connectivity index (χ0n) is 19.7. The smallest absolute Gasteiger partial charge is 0.269 e. The van der Waals surface area contributed by atoms with E-state index in [-0.39, 0.29) is 5.41 Å². The number of rotatable bonds is 6. The van der Waals surface area contributed by atoms with Crippen molar-refractivity contribution in [2.45, 2.75) is 30.7 Å². The summed E-state index contributed by atoms with van der Waals surface area (Å²) in [6.07, 6.45) is 7.22. The molecule has 1 fully saturated rings. The number of benzene rings is 2. The Morgan fingerprint density at radius 2 is 1.45 bits per heavy atom. The first-order chi connectivity index (χ1) is 15.8. The molecule has 1 aromatic heterocycles. The molecule has 2 aliphatic rings. The number of aromatic nitrogens is 2. The minimum Gasteiger partial charge on any atom is -0.378 e. The second kappa shape index (κ2) is 7.80. The molecule has 1 heterocycles. The minimum absolute atomic E-state index is 0.357. The van der Waals surface area contributed by atoms with E-state index in [0.717, 1.165) is 41.9 Å². The standard InChI is InChI=1S/C27H31N5O/c1-30(2)20-9-5-18(6-10-20)27(19-7-11-21(12-8-19)31(3)4)16-15-23-24(17-27)32(22-13-14-22)29-25(23)26(28)33/h5-12,15-16,22H,13-14,17H2,1-4H3,(H2,28,33). The van der Waals surface area contributed by atoms with Gasteiger partial charge in [-0.2, -0.15) is 5.10 Å². The summed E-state index contributed by atoms with van der Waals surface area (Å²) in [6.45, 7) is 0. The molecule has 2 N–H and O–H groups in total. The highest BCUT2D eigenvalue weighted by Crippen LogP contribution is 2.46. The number of nitrogens with two attached hydrogens (primary N) is 1. The lowest BCUT2D eigenvalue weighted by Gasteiger charge is -2.35. The van der Waals surface area contributed by atoms with Gasteiger partial charge < -0.3 is 15.5 Å². The predicted octanol–water partition coefficient (Wildman–Crippen LogP) is 4.00. The molecule has 1 amide bonds. The van der Waals surface area contributed by atoms with Crippen LogP contribution in [0.4, 0.5) is 11.4 Å². The zero-order valence-corrected chi connectivity index (χ0v) is 19.7. The second-order valence-corrected chi connectivity index (χ2v) is 9.61. The summed E-state index contributed by atoms with van der Waals surface area (Å²) in [5, 5.41) is 4.66. The van der Waals surface area contributed by atoms with Crippen molar-refractivity contribution in [3.8, 4) is 0 Å². The topological polar surface area (TPSA) is 67.4 Å². The highest BCUT2D eigenvalue weighted by Gasteiger charge is 2.40. The highest BCUT2D eigenvalue weighted by atomic mass is 16.1. The first kappa shape index (κ1) is 21.3. The second-order valence-electron chi connectivity index (χ2n) is 9.61. The van der Waals surface area contributed by atoms with Crippen LogP contribution in [-0.2, 0) is 11.8 Å². The van der Waals surface area contributed by atoms with Crippen LogP contribution < -0.4 is 15.5 Å². The van der Waals surface area contributed by atoms with Crippen molar-refractivity contribution >= 4 is 23.4 Å². The van der Waals surface area contributed by atoms with Crippen molar-refractivity contribution in [1.82, 2.24) is 9.78 Å². The fourth-order valence-corrected chi connectivity index (χ4v) is 4.86. The van der Waals surface area contributed by atoms with Gasteiger partial charge in [0, 0.05) is 62.7 Å². The third-order valence-corrected chi connectivity index (χ3v) is 6.95. The maximum Gasteiger partial charge on any atom is 0.269 e. The summed E-state index contributed by atoms with van der Waals surface area (Å²) < 4.78 is 2.07. The largest absolute Gasteiger partial charge is 0.378 e. The molecule has 6 nitrogen and oxygen atoms in total. The van der Waals surface area contributed by atoms with E-state index in [1.165, 1.54) is 11.1 Å². The van der Waals surface area contributed by atoms with Crippen LogP contribution in [0.3, 0.4) is 0 Å². The molecular formula is C27H31N5O. The third-order valence-electron chi connectivity index (χ3n) is 6.95. The van der Waals surface area contributed by atoms with Gasteiger partial charge in [0.05, 0.1) is 6.04 Å². The Hall–Kier alpha value is -3.54. The number of carbonyl (C=O) groups is 1. The van der Waals surface area contributed by atoms with Crippen LogP contribution in [-0.4, -0.2) is 43.9 Å². The normalized spacial score (nSPS) is 16.4. The Morgan fingerprint density at radius 1 is 0.939 bits per heavy atom. The molecule has 6 heteroatoms. The number of allylic oxidation sites excluding steroid dienone is 1. The van der Waals surface area contributed by atoms with E-state index in [1.807, 2.05) is 0 Å². The molecule has 0 saturated heterocycles. The molecule has 33 heavy (non-hydrogen) atoms. The molecular weight excluding hydrogens is 410 g/mol. The van der Waals surface area contributed by atoms with Gasteiger partial charge in [-0.1, -0.05) is 36.4 Å². The molecule has 170 valence electrons. The predicted molar refractivity (Wildman–Crippen MR) is 134 cm³/mol. The number of anilines is 2. The fourth-order valence-electron chi connectivity index (χ4n) is 4.86. The van der Waals surface area contributed by atoms with Gasteiger partial charge in [-0.3, -0.25) is 9.48 Å². The van der Waals surface area contributed by atoms with Crippen LogP contribution in [0.1, 0.15) is 51.8 Å². The van der Waals surface area contributed by atoms with Gasteiger partial charge in [-0.05, 0) is 48.2 Å². The quantitative estimate of drug-likeness (QED) is 0.628. The van der Waals surface area contributed by atoms with Crippen LogP contribution in [0.25, 0.3) is 6.08 Å². The number of nitrogens with zero attached hydrogens (tertiary/aromatic N) is 4. The Balaban J connectivity index is 1.67. The Morgan fingerprint density at radius 3 is 1.88 bits per heavy atom. The van der Waals surface area contributed by atoms with E-state index in [4.69, 9.17) is 5.73 Å². The van der Waals surface area contributed by atoms with Crippen molar-refractivity contribution in [3.05, 3.63) is 82.7 Å². The molecule has 3 aromatic rings. The lowest BCUT2D eigenvalue weighted by Crippen LogP contribution is -2.32. The van der Waals surface area contributed by atoms with E-state index in [9.17, 15) is 4.79 Å². The number of primary amides is 1. The molecule has 5 rings (SSSR count). The molecule has 0 spiro atoms. The van der Waals surface area contributed by atoms with E-state index in [2.05, 4.69) is 108 Å². The number of fused-ring (bicyclic) bond motifs is 1. The average molecular weight is 442 g/mol. The highest BCUT2D eigenvalue weighted by molar-refractivity contribution is 5.95. The average Bonchev–Trinajstić information content (AvgIpc) is 3.59. The van der Waals surface area contributed by atoms with Gasteiger partial charge in [-0.15, -0.1) is 0 Å². The molecule has 1 saturated carbocycles. The van der Waals surface area contributed by atoms with Gasteiger partial charge in [0.15, 0.2) is 5.69 Å². The molecule has 0 radical (unpaired) electrons. The van der Waals surface area contributed by atoms with E-state index in [1.54, 1.807) is 0 Å². The summed E-state index contributed by atoms with van der Waals surface area (Å²) in [5.74, 6) is -0.464. The van der Waals surface area contributed by atoms with Crippen LogP contribution in [0.5, 0.6) is 0 Å². The van der Waals surface area contributed by atoms with Crippen molar-refractivity contribution in [2.24, 2.45) is 5.73 Å². The van der Waals surface area contributed by atoms with Crippen molar-refractivity contribution in [2.75, 3.05) is 38.0 Å². The van der Waals surface area contributed by atoms with Crippen molar-refractivity contribution < 1.29 is 4.79 Å². The van der Waals surface area contributed by atoms with Gasteiger partial charge in [0.2, 0.25) is 0 Å². The monoisotopic (exact) mass is 441 g/mol. The van der Waals surface area contributed by atoms with E-state index < -0.39 is 5.91 Å². The molecule has 0 unspecified atom stereocenters. The van der Waals surface area contributed by atoms with Gasteiger partial charge >= 0.3 is 0 Å². The van der Waals surface area contributed by atoms with Gasteiger partial charge in [0.1, 0.15) is 0 Å². The van der Waals surface area contributed by atoms with Gasteiger partial charge in [0.25, 0.3) is 5.91 Å². The number of carbonyl (C=O) groups excluding carboxylic acids is 1. The third kappa shape index (κ3) is 3.59. The molecule has 2 aromatic carbocycles. The van der Waals surface area contributed by atoms with Crippen LogP contribution in [0.2, 0.25) is 0 Å². The minimum atomic E-state index is -0.464. The summed E-state index contributed by atoms with van der Waals surface area (Å²) in [5.41, 5.74) is 12.5. The summed E-state index contributed by atoms with van der Waals surface area (Å²) >= 11 is 0. The van der Waals surface area contributed by atoms with Crippen molar-refractivity contribution in [3.63, 3.8) is 0 Å². The first-order valence-corrected chi connectivity index (χ1v) is 11.5. The lowest BCUT2D eigenvalue weighted by atomic mass is 9.68.